The number of methoxy groups -OCH3 is 2. The molecule has 0 radical (unpaired) electrons. The van der Waals surface area contributed by atoms with Gasteiger partial charge in [0.1, 0.15) is 11.5 Å². The van der Waals surface area contributed by atoms with E-state index in [2.05, 4.69) is 32.2 Å². The van der Waals surface area contributed by atoms with Crippen LogP contribution in [-0.4, -0.2) is 24.4 Å². The molecule has 3 aromatic rings. The van der Waals surface area contributed by atoms with E-state index in [1.54, 1.807) is 20.3 Å². The molecule has 1 aromatic heterocycles. The first-order chi connectivity index (χ1) is 11.7. The van der Waals surface area contributed by atoms with Gasteiger partial charge in [-0.15, -0.1) is 10.2 Å². The minimum absolute atomic E-state index is 0.420. The lowest BCUT2D eigenvalue weighted by Crippen LogP contribution is -1.90. The molecule has 1 heterocycles. The van der Waals surface area contributed by atoms with Crippen molar-refractivity contribution in [3.8, 4) is 23.0 Å². The zero-order valence-corrected chi connectivity index (χ0v) is 15.6. The summed E-state index contributed by atoms with van der Waals surface area (Å²) in [4.78, 5) is 0. The Hall–Kier alpha value is -1.99. The van der Waals surface area contributed by atoms with Crippen molar-refractivity contribution in [1.82, 2.24) is 10.2 Å². The van der Waals surface area contributed by atoms with Crippen LogP contribution >= 0.6 is 27.7 Å². The highest BCUT2D eigenvalue weighted by molar-refractivity contribution is 9.10. The third kappa shape index (κ3) is 3.73. The van der Waals surface area contributed by atoms with Crippen molar-refractivity contribution in [3.05, 3.63) is 52.5 Å². The lowest BCUT2D eigenvalue weighted by atomic mass is 10.2. The van der Waals surface area contributed by atoms with Crippen LogP contribution in [0.25, 0.3) is 11.5 Å². The summed E-state index contributed by atoms with van der Waals surface area (Å²) in [5.74, 6) is 2.49. The lowest BCUT2D eigenvalue weighted by Gasteiger charge is -2.07. The molecule has 0 N–H and O–H groups in total. The van der Waals surface area contributed by atoms with Gasteiger partial charge in [-0.2, -0.15) is 0 Å². The van der Waals surface area contributed by atoms with E-state index in [-0.39, 0.29) is 0 Å². The molecular formula is C17H15BrN2O3S. The molecule has 0 saturated heterocycles. The smallest absolute Gasteiger partial charge is 0.277 e. The van der Waals surface area contributed by atoms with Crippen LogP contribution in [0.1, 0.15) is 5.56 Å². The Bertz CT molecular complexity index is 838. The molecule has 0 unspecified atom stereocenters. The third-order valence-electron chi connectivity index (χ3n) is 3.35. The second-order valence-corrected chi connectivity index (χ2v) is 6.60. The number of nitrogens with zero attached hydrogens (tertiary/aromatic N) is 2. The minimum atomic E-state index is 0.420. The molecule has 2 aromatic carbocycles. The number of hydrogen-bond acceptors (Lipinski definition) is 6. The fourth-order valence-corrected chi connectivity index (χ4v) is 3.48. The van der Waals surface area contributed by atoms with Crippen molar-refractivity contribution < 1.29 is 13.9 Å². The van der Waals surface area contributed by atoms with Crippen molar-refractivity contribution in [1.29, 1.82) is 0 Å². The summed E-state index contributed by atoms with van der Waals surface area (Å²) in [6.45, 7) is 0. The Balaban J connectivity index is 1.77. The first kappa shape index (κ1) is 16.9. The Morgan fingerprint density at radius 3 is 2.67 bits per heavy atom. The Kier molecular flexibility index (Phi) is 5.42. The van der Waals surface area contributed by atoms with Crippen molar-refractivity contribution in [2.45, 2.75) is 11.0 Å². The van der Waals surface area contributed by atoms with Gasteiger partial charge in [-0.1, -0.05) is 45.9 Å². The number of benzene rings is 2. The summed E-state index contributed by atoms with van der Waals surface area (Å²) >= 11 is 5.02. The molecular weight excluding hydrogens is 392 g/mol. The second-order valence-electron chi connectivity index (χ2n) is 4.82. The summed E-state index contributed by atoms with van der Waals surface area (Å²) in [7, 11) is 3.20. The van der Waals surface area contributed by atoms with Crippen LogP contribution in [-0.2, 0) is 5.75 Å². The van der Waals surface area contributed by atoms with Crippen molar-refractivity contribution >= 4 is 27.7 Å². The van der Waals surface area contributed by atoms with Gasteiger partial charge in [0.15, 0.2) is 0 Å². The number of rotatable bonds is 6. The molecule has 3 rings (SSSR count). The van der Waals surface area contributed by atoms with E-state index in [0.717, 1.165) is 15.8 Å². The van der Waals surface area contributed by atoms with Gasteiger partial charge in [-0.05, 0) is 23.8 Å². The van der Waals surface area contributed by atoms with Gasteiger partial charge in [-0.25, -0.2) is 0 Å². The summed E-state index contributed by atoms with van der Waals surface area (Å²) in [5, 5.41) is 8.73. The quantitative estimate of drug-likeness (QED) is 0.547. The Labute approximate surface area is 152 Å². The highest BCUT2D eigenvalue weighted by atomic mass is 79.9. The van der Waals surface area contributed by atoms with Gasteiger partial charge in [-0.3, -0.25) is 0 Å². The number of aromatic nitrogens is 2. The summed E-state index contributed by atoms with van der Waals surface area (Å²) in [5.41, 5.74) is 1.91. The molecule has 7 heteroatoms. The van der Waals surface area contributed by atoms with Crippen LogP contribution in [0.15, 0.2) is 56.6 Å². The number of ether oxygens (including phenoxy) is 2. The molecule has 124 valence electrons. The highest BCUT2D eigenvalue weighted by Crippen LogP contribution is 2.34. The standard InChI is InChI=1S/C17H15BrN2O3S/c1-21-12-7-8-13(15(9-12)22-2)16-19-20-17(23-16)24-10-11-5-3-4-6-14(11)18/h3-9H,10H2,1-2H3. The van der Waals surface area contributed by atoms with E-state index in [4.69, 9.17) is 13.9 Å². The highest BCUT2D eigenvalue weighted by Gasteiger charge is 2.15. The zero-order valence-electron chi connectivity index (χ0n) is 13.2. The number of halogens is 1. The van der Waals surface area contributed by atoms with E-state index in [9.17, 15) is 0 Å². The van der Waals surface area contributed by atoms with Crippen molar-refractivity contribution in [2.24, 2.45) is 0 Å². The SMILES string of the molecule is COc1ccc(-c2nnc(SCc3ccccc3Br)o2)c(OC)c1. The van der Waals surface area contributed by atoms with Gasteiger partial charge in [0, 0.05) is 16.3 Å². The maximum absolute atomic E-state index is 5.75. The van der Waals surface area contributed by atoms with E-state index < -0.39 is 0 Å². The van der Waals surface area contributed by atoms with Crippen LogP contribution in [0.2, 0.25) is 0 Å². The summed E-state index contributed by atoms with van der Waals surface area (Å²) in [6.07, 6.45) is 0. The molecule has 0 aliphatic heterocycles. The largest absolute Gasteiger partial charge is 0.497 e. The normalized spacial score (nSPS) is 10.6. The van der Waals surface area contributed by atoms with Crippen molar-refractivity contribution in [3.63, 3.8) is 0 Å². The molecule has 0 aliphatic carbocycles. The maximum atomic E-state index is 5.75. The molecule has 0 fully saturated rings. The maximum Gasteiger partial charge on any atom is 0.277 e. The monoisotopic (exact) mass is 406 g/mol. The van der Waals surface area contributed by atoms with Gasteiger partial charge in [0.25, 0.3) is 11.1 Å². The molecule has 0 saturated carbocycles. The van der Waals surface area contributed by atoms with E-state index in [0.29, 0.717) is 22.6 Å². The molecule has 0 bridgehead atoms. The molecule has 24 heavy (non-hydrogen) atoms. The third-order valence-corrected chi connectivity index (χ3v) is 5.00. The van der Waals surface area contributed by atoms with Gasteiger partial charge in [0.2, 0.25) is 0 Å². The van der Waals surface area contributed by atoms with Crippen LogP contribution in [0.3, 0.4) is 0 Å². The molecule has 5 nitrogen and oxygen atoms in total. The van der Waals surface area contributed by atoms with E-state index in [1.807, 2.05) is 30.3 Å². The number of hydrogen-bond donors (Lipinski definition) is 0. The molecule has 0 atom stereocenters. The fraction of sp³-hybridized carbons (Fsp3) is 0.176. The lowest BCUT2D eigenvalue weighted by molar-refractivity contribution is 0.393. The Morgan fingerprint density at radius 1 is 1.08 bits per heavy atom. The first-order valence-corrected chi connectivity index (χ1v) is 8.91. The van der Waals surface area contributed by atoms with E-state index in [1.165, 1.54) is 17.3 Å². The summed E-state index contributed by atoms with van der Waals surface area (Å²) < 4.78 is 17.4. The van der Waals surface area contributed by atoms with Gasteiger partial charge >= 0.3 is 0 Å². The predicted molar refractivity (Wildman–Crippen MR) is 96.5 cm³/mol. The van der Waals surface area contributed by atoms with Gasteiger partial charge in [0.05, 0.1) is 19.8 Å². The summed E-state index contributed by atoms with van der Waals surface area (Å²) in [6, 6.07) is 13.5. The second kappa shape index (κ2) is 7.72. The average Bonchev–Trinajstić information content (AvgIpc) is 3.09. The van der Waals surface area contributed by atoms with Crippen LogP contribution < -0.4 is 9.47 Å². The number of thioether (sulfide) groups is 1. The minimum Gasteiger partial charge on any atom is -0.497 e. The Morgan fingerprint density at radius 2 is 1.92 bits per heavy atom. The average molecular weight is 407 g/mol. The van der Waals surface area contributed by atoms with Crippen LogP contribution in [0, 0.1) is 0 Å². The van der Waals surface area contributed by atoms with E-state index >= 15 is 0 Å². The molecule has 0 amide bonds. The van der Waals surface area contributed by atoms with Crippen molar-refractivity contribution in [2.75, 3.05) is 14.2 Å². The van der Waals surface area contributed by atoms with Crippen LogP contribution in [0.5, 0.6) is 11.5 Å². The van der Waals surface area contributed by atoms with Crippen LogP contribution in [0.4, 0.5) is 0 Å². The zero-order chi connectivity index (χ0) is 16.9. The fourth-order valence-electron chi connectivity index (χ4n) is 2.11. The predicted octanol–water partition coefficient (Wildman–Crippen LogP) is 4.81. The topological polar surface area (TPSA) is 57.4 Å². The first-order valence-electron chi connectivity index (χ1n) is 7.13. The van der Waals surface area contributed by atoms with Gasteiger partial charge < -0.3 is 13.9 Å². The molecule has 0 aliphatic rings. The molecule has 0 spiro atoms.